The highest BCUT2D eigenvalue weighted by Gasteiger charge is 2.02. The van der Waals surface area contributed by atoms with Crippen LogP contribution in [-0.4, -0.2) is 13.6 Å². The molecule has 0 fully saturated rings. The molecule has 0 aliphatic heterocycles. The fourth-order valence-electron chi connectivity index (χ4n) is 1.09. The van der Waals surface area contributed by atoms with Gasteiger partial charge in [0.1, 0.15) is 5.82 Å². The minimum absolute atomic E-state index is 0.230. The van der Waals surface area contributed by atoms with E-state index in [9.17, 15) is 4.39 Å². The Balaban J connectivity index is 2.88. The number of nitrogens with two attached hydrogens (primary N) is 2. The summed E-state index contributed by atoms with van der Waals surface area (Å²) in [6, 6.07) is 2.48. The number of hydrogen-bond acceptors (Lipinski definition) is 3. The summed E-state index contributed by atoms with van der Waals surface area (Å²) in [5.41, 5.74) is 12.2. The maximum absolute atomic E-state index is 13.0. The first-order valence-corrected chi connectivity index (χ1v) is 4.63. The van der Waals surface area contributed by atoms with Crippen LogP contribution in [0.25, 0.3) is 0 Å². The number of anilines is 2. The molecule has 1 aromatic carbocycles. The maximum Gasteiger partial charge on any atom is 0.126 e. The molecule has 1 rings (SSSR count). The molecular weight excluding hydrogens is 193 g/mol. The summed E-state index contributed by atoms with van der Waals surface area (Å²) in [6.45, 7) is 0.789. The zero-order chi connectivity index (χ0) is 11.3. The van der Waals surface area contributed by atoms with Crippen molar-refractivity contribution in [3.05, 3.63) is 23.5 Å². The lowest BCUT2D eigenvalue weighted by Gasteiger charge is -2.02. The van der Waals surface area contributed by atoms with Gasteiger partial charge in [-0.05, 0) is 19.2 Å². The lowest BCUT2D eigenvalue weighted by Crippen LogP contribution is -2.06. The Labute approximate surface area is 88.7 Å². The highest BCUT2D eigenvalue weighted by atomic mass is 19.1. The normalized spacial score (nSPS) is 9.47. The first-order chi connectivity index (χ1) is 7.15. The Morgan fingerprint density at radius 3 is 2.80 bits per heavy atom. The van der Waals surface area contributed by atoms with Gasteiger partial charge < -0.3 is 16.8 Å². The molecule has 0 spiro atoms. The van der Waals surface area contributed by atoms with E-state index in [4.69, 9.17) is 11.5 Å². The molecule has 5 N–H and O–H groups in total. The van der Waals surface area contributed by atoms with Crippen molar-refractivity contribution < 1.29 is 4.39 Å². The van der Waals surface area contributed by atoms with E-state index < -0.39 is 5.82 Å². The van der Waals surface area contributed by atoms with E-state index in [-0.39, 0.29) is 5.69 Å². The molecule has 0 heterocycles. The van der Waals surface area contributed by atoms with Crippen LogP contribution in [0.2, 0.25) is 0 Å². The molecule has 4 heteroatoms. The van der Waals surface area contributed by atoms with Gasteiger partial charge in [-0.1, -0.05) is 11.8 Å². The van der Waals surface area contributed by atoms with Crippen LogP contribution >= 0.6 is 0 Å². The zero-order valence-electron chi connectivity index (χ0n) is 8.60. The third-order valence-corrected chi connectivity index (χ3v) is 1.90. The largest absolute Gasteiger partial charge is 0.397 e. The topological polar surface area (TPSA) is 64.1 Å². The highest BCUT2D eigenvalue weighted by Crippen LogP contribution is 2.20. The van der Waals surface area contributed by atoms with Gasteiger partial charge in [0, 0.05) is 13.0 Å². The van der Waals surface area contributed by atoms with Gasteiger partial charge in [-0.15, -0.1) is 0 Å². The van der Waals surface area contributed by atoms with Crippen LogP contribution in [0.4, 0.5) is 15.8 Å². The Kier molecular flexibility index (Phi) is 3.95. The van der Waals surface area contributed by atoms with Gasteiger partial charge in [0.2, 0.25) is 0 Å². The second kappa shape index (κ2) is 5.23. The third kappa shape index (κ3) is 3.15. The van der Waals surface area contributed by atoms with Crippen molar-refractivity contribution in [3.8, 4) is 11.8 Å². The van der Waals surface area contributed by atoms with Crippen molar-refractivity contribution in [1.29, 1.82) is 0 Å². The molecule has 80 valence electrons. The van der Waals surface area contributed by atoms with Gasteiger partial charge in [0.15, 0.2) is 0 Å². The lowest BCUT2D eigenvalue weighted by molar-refractivity contribution is 0.628. The van der Waals surface area contributed by atoms with Crippen LogP contribution in [0.1, 0.15) is 12.0 Å². The third-order valence-electron chi connectivity index (χ3n) is 1.90. The van der Waals surface area contributed by atoms with E-state index in [0.29, 0.717) is 17.7 Å². The van der Waals surface area contributed by atoms with E-state index in [1.54, 1.807) is 0 Å². The fraction of sp³-hybridized carbons (Fsp3) is 0.273. The first kappa shape index (κ1) is 11.3. The van der Waals surface area contributed by atoms with Crippen molar-refractivity contribution in [2.45, 2.75) is 6.42 Å². The standard InChI is InChI=1S/C11H14FN3/c1-15-5-3-2-4-8-6-9(12)7-10(13)11(8)14/h6-7,15H,3,5,13-14H2,1H3. The monoisotopic (exact) mass is 207 g/mol. The number of rotatable bonds is 2. The van der Waals surface area contributed by atoms with Gasteiger partial charge in [-0.25, -0.2) is 4.39 Å². The molecule has 0 radical (unpaired) electrons. The minimum atomic E-state index is -0.417. The van der Waals surface area contributed by atoms with Crippen LogP contribution in [0.5, 0.6) is 0 Å². The van der Waals surface area contributed by atoms with Crippen LogP contribution in [-0.2, 0) is 0 Å². The Hall–Kier alpha value is -1.73. The predicted molar refractivity (Wildman–Crippen MR) is 60.6 cm³/mol. The molecule has 1 aromatic rings. The van der Waals surface area contributed by atoms with E-state index in [1.807, 2.05) is 7.05 Å². The summed E-state index contributed by atoms with van der Waals surface area (Å²) >= 11 is 0. The van der Waals surface area contributed by atoms with Gasteiger partial charge in [-0.3, -0.25) is 0 Å². The quantitative estimate of drug-likeness (QED) is 0.384. The molecule has 0 unspecified atom stereocenters. The van der Waals surface area contributed by atoms with E-state index >= 15 is 0 Å². The first-order valence-electron chi connectivity index (χ1n) is 4.63. The number of halogens is 1. The molecule has 0 bridgehead atoms. The van der Waals surface area contributed by atoms with E-state index in [0.717, 1.165) is 6.54 Å². The smallest absolute Gasteiger partial charge is 0.126 e. The average Bonchev–Trinajstić information content (AvgIpc) is 2.19. The highest BCUT2D eigenvalue weighted by molar-refractivity contribution is 5.71. The Morgan fingerprint density at radius 1 is 1.40 bits per heavy atom. The van der Waals surface area contributed by atoms with Crippen molar-refractivity contribution in [2.24, 2.45) is 0 Å². The molecule has 0 aliphatic rings. The van der Waals surface area contributed by atoms with Gasteiger partial charge in [0.05, 0.1) is 16.9 Å². The molecule has 0 aliphatic carbocycles. The second-order valence-corrected chi connectivity index (χ2v) is 3.11. The predicted octanol–water partition coefficient (Wildman–Crippen LogP) is 0.951. The molecule has 0 amide bonds. The summed E-state index contributed by atoms with van der Waals surface area (Å²) in [4.78, 5) is 0. The molecule has 15 heavy (non-hydrogen) atoms. The van der Waals surface area contributed by atoms with Crippen molar-refractivity contribution >= 4 is 11.4 Å². The summed E-state index contributed by atoms with van der Waals surface area (Å²) in [6.07, 6.45) is 0.687. The number of nitrogen functional groups attached to an aromatic ring is 2. The maximum atomic E-state index is 13.0. The Bertz CT molecular complexity index is 404. The van der Waals surface area contributed by atoms with Gasteiger partial charge >= 0.3 is 0 Å². The van der Waals surface area contributed by atoms with Crippen molar-refractivity contribution in [1.82, 2.24) is 5.32 Å². The van der Waals surface area contributed by atoms with Crippen LogP contribution in [0.3, 0.4) is 0 Å². The molecule has 0 atom stereocenters. The number of nitrogens with one attached hydrogen (secondary N) is 1. The molecule has 0 saturated carbocycles. The number of benzene rings is 1. The summed E-state index contributed by atoms with van der Waals surface area (Å²) in [5.74, 6) is 5.26. The summed E-state index contributed by atoms with van der Waals surface area (Å²) < 4.78 is 13.0. The van der Waals surface area contributed by atoms with Crippen LogP contribution in [0, 0.1) is 17.7 Å². The second-order valence-electron chi connectivity index (χ2n) is 3.11. The summed E-state index contributed by atoms with van der Waals surface area (Å²) in [7, 11) is 1.84. The lowest BCUT2D eigenvalue weighted by atomic mass is 10.1. The van der Waals surface area contributed by atoms with Gasteiger partial charge in [-0.2, -0.15) is 0 Å². The zero-order valence-corrected chi connectivity index (χ0v) is 8.60. The molecular formula is C11H14FN3. The SMILES string of the molecule is CNCCC#Cc1cc(F)cc(N)c1N. The molecule has 0 aromatic heterocycles. The summed E-state index contributed by atoms with van der Waals surface area (Å²) in [5, 5.41) is 2.96. The van der Waals surface area contributed by atoms with Crippen LogP contribution in [0.15, 0.2) is 12.1 Å². The van der Waals surface area contributed by atoms with Crippen molar-refractivity contribution in [2.75, 3.05) is 25.1 Å². The molecule has 3 nitrogen and oxygen atoms in total. The minimum Gasteiger partial charge on any atom is -0.397 e. The Morgan fingerprint density at radius 2 is 2.13 bits per heavy atom. The van der Waals surface area contributed by atoms with Crippen molar-refractivity contribution in [3.63, 3.8) is 0 Å². The average molecular weight is 207 g/mol. The number of hydrogen-bond donors (Lipinski definition) is 3. The molecule has 0 saturated heterocycles. The van der Waals surface area contributed by atoms with Crippen LogP contribution < -0.4 is 16.8 Å². The van der Waals surface area contributed by atoms with E-state index in [2.05, 4.69) is 17.2 Å². The fourth-order valence-corrected chi connectivity index (χ4v) is 1.09. The van der Waals surface area contributed by atoms with Gasteiger partial charge in [0.25, 0.3) is 0 Å². The van der Waals surface area contributed by atoms with E-state index in [1.165, 1.54) is 12.1 Å².